The number of unbranched alkanes of at least 4 members (excludes halogenated alkanes) is 1. The number of thiophene rings is 1. The van der Waals surface area contributed by atoms with Crippen LogP contribution in [0.3, 0.4) is 0 Å². The number of aryl methyl sites for hydroxylation is 3. The normalized spacial score (nSPS) is 15.1. The van der Waals surface area contributed by atoms with E-state index in [1.807, 2.05) is 13.8 Å². The number of H-pyrrole nitrogens is 1. The van der Waals surface area contributed by atoms with Gasteiger partial charge in [-0.25, -0.2) is 4.98 Å². The lowest BCUT2D eigenvalue weighted by Gasteiger charge is -2.34. The van der Waals surface area contributed by atoms with Gasteiger partial charge >= 0.3 is 0 Å². The van der Waals surface area contributed by atoms with Crippen LogP contribution >= 0.6 is 11.3 Å². The molecule has 0 atom stereocenters. The molecule has 1 aliphatic heterocycles. The number of aromatic nitrogens is 2. The molecule has 1 aliphatic rings. The molecule has 8 heteroatoms. The lowest BCUT2D eigenvalue weighted by molar-refractivity contribution is -0.121. The molecule has 2 aromatic heterocycles. The van der Waals surface area contributed by atoms with Crippen molar-refractivity contribution in [2.45, 2.75) is 46.1 Å². The van der Waals surface area contributed by atoms with Crippen molar-refractivity contribution in [1.29, 1.82) is 0 Å². The van der Waals surface area contributed by atoms with E-state index in [0.717, 1.165) is 67.4 Å². The maximum atomic E-state index is 12.4. The summed E-state index contributed by atoms with van der Waals surface area (Å²) in [5.41, 5.74) is 2.27. The second kappa shape index (κ2) is 11.7. The van der Waals surface area contributed by atoms with Gasteiger partial charge in [-0.2, -0.15) is 0 Å². The summed E-state index contributed by atoms with van der Waals surface area (Å²) < 4.78 is 0. The van der Waals surface area contributed by atoms with E-state index < -0.39 is 0 Å². The van der Waals surface area contributed by atoms with Crippen LogP contribution in [0.4, 0.5) is 0 Å². The van der Waals surface area contributed by atoms with Crippen LogP contribution in [0.2, 0.25) is 0 Å². The Morgan fingerprint density at radius 3 is 2.59 bits per heavy atom. The summed E-state index contributed by atoms with van der Waals surface area (Å²) in [5, 5.41) is 3.68. The largest absolute Gasteiger partial charge is 0.356 e. The van der Waals surface area contributed by atoms with Gasteiger partial charge in [-0.3, -0.25) is 14.5 Å². The van der Waals surface area contributed by atoms with Gasteiger partial charge in [0.2, 0.25) is 5.91 Å². The van der Waals surface area contributed by atoms with Crippen molar-refractivity contribution in [1.82, 2.24) is 25.1 Å². The molecule has 0 bridgehead atoms. The van der Waals surface area contributed by atoms with Crippen molar-refractivity contribution in [3.63, 3.8) is 0 Å². The number of piperazine rings is 1. The molecule has 3 heterocycles. The molecule has 0 aliphatic carbocycles. The second-order valence-electron chi connectivity index (χ2n) is 9.14. The third-order valence-corrected chi connectivity index (χ3v) is 7.72. The maximum Gasteiger partial charge on any atom is 0.259 e. The molecule has 0 saturated carbocycles. The molecule has 3 aromatic rings. The summed E-state index contributed by atoms with van der Waals surface area (Å²) in [7, 11) is 0. The Kier molecular flexibility index (Phi) is 8.48. The predicted octanol–water partition coefficient (Wildman–Crippen LogP) is 3.25. The van der Waals surface area contributed by atoms with Crippen molar-refractivity contribution in [2.24, 2.45) is 0 Å². The van der Waals surface area contributed by atoms with E-state index in [9.17, 15) is 9.59 Å². The molecule has 0 unspecified atom stereocenters. The highest BCUT2D eigenvalue weighted by Gasteiger charge is 2.16. The molecule has 1 saturated heterocycles. The number of aromatic amines is 1. The summed E-state index contributed by atoms with van der Waals surface area (Å²) in [6, 6.07) is 10.7. The minimum Gasteiger partial charge on any atom is -0.356 e. The zero-order valence-electron chi connectivity index (χ0n) is 20.2. The first-order chi connectivity index (χ1) is 16.5. The second-order valence-corrected chi connectivity index (χ2v) is 10.3. The van der Waals surface area contributed by atoms with Crippen LogP contribution in [-0.4, -0.2) is 64.9 Å². The fourth-order valence-corrected chi connectivity index (χ4v) is 5.49. The number of amides is 1. The minimum atomic E-state index is -0.108. The van der Waals surface area contributed by atoms with Crippen LogP contribution in [0, 0.1) is 13.8 Å². The number of carbonyl (C=O) groups excluding carboxylic acids is 1. The SMILES string of the molecule is Cc1sc2nc(CCC(=O)NCCCCN3CCN(Cc4ccccc4)CC3)[nH]c(=O)c2c1C. The lowest BCUT2D eigenvalue weighted by atomic mass is 10.2. The van der Waals surface area contributed by atoms with E-state index in [1.54, 1.807) is 0 Å². The van der Waals surface area contributed by atoms with E-state index in [1.165, 1.54) is 16.9 Å². The Labute approximate surface area is 205 Å². The van der Waals surface area contributed by atoms with E-state index in [-0.39, 0.29) is 11.5 Å². The highest BCUT2D eigenvalue weighted by molar-refractivity contribution is 7.18. The highest BCUT2D eigenvalue weighted by Crippen LogP contribution is 2.25. The van der Waals surface area contributed by atoms with E-state index in [2.05, 4.69) is 55.4 Å². The van der Waals surface area contributed by atoms with Crippen LogP contribution in [0.25, 0.3) is 10.2 Å². The predicted molar refractivity (Wildman–Crippen MR) is 138 cm³/mol. The van der Waals surface area contributed by atoms with Crippen LogP contribution in [-0.2, 0) is 17.8 Å². The van der Waals surface area contributed by atoms with E-state index >= 15 is 0 Å². The number of nitrogens with one attached hydrogen (secondary N) is 2. The molecule has 1 fully saturated rings. The molecule has 4 rings (SSSR count). The van der Waals surface area contributed by atoms with Crippen molar-refractivity contribution in [3.8, 4) is 0 Å². The summed E-state index contributed by atoms with van der Waals surface area (Å²) in [4.78, 5) is 38.9. The Balaban J connectivity index is 1.09. The topological polar surface area (TPSA) is 81.3 Å². The number of hydrogen-bond donors (Lipinski definition) is 2. The molecule has 0 radical (unpaired) electrons. The summed E-state index contributed by atoms with van der Waals surface area (Å²) in [5.74, 6) is 0.594. The van der Waals surface area contributed by atoms with Gasteiger partial charge in [-0.05, 0) is 44.4 Å². The van der Waals surface area contributed by atoms with Crippen LogP contribution in [0.1, 0.15) is 41.1 Å². The molecule has 182 valence electrons. The average molecular weight is 482 g/mol. The van der Waals surface area contributed by atoms with Gasteiger partial charge < -0.3 is 15.2 Å². The molecular formula is C26H35N5O2S. The van der Waals surface area contributed by atoms with Gasteiger partial charge in [0.25, 0.3) is 5.56 Å². The number of nitrogens with zero attached hydrogens (tertiary/aromatic N) is 3. The fraction of sp³-hybridized carbons (Fsp3) is 0.500. The third-order valence-electron chi connectivity index (χ3n) is 6.61. The molecule has 0 spiro atoms. The first-order valence-corrected chi connectivity index (χ1v) is 13.1. The number of fused-ring (bicyclic) bond motifs is 1. The smallest absolute Gasteiger partial charge is 0.259 e. The standard InChI is InChI=1S/C26H35N5O2S/c1-19-20(2)34-26-24(19)25(33)28-22(29-26)10-11-23(32)27-12-6-7-13-30-14-16-31(17-15-30)18-21-8-4-3-5-9-21/h3-5,8-9H,6-7,10-18H2,1-2H3,(H,27,32)(H,28,29,33). The quantitative estimate of drug-likeness (QED) is 0.435. The molecule has 1 aromatic carbocycles. The van der Waals surface area contributed by atoms with Gasteiger partial charge in [-0.1, -0.05) is 30.3 Å². The Bertz CT molecular complexity index is 1150. The van der Waals surface area contributed by atoms with Gasteiger partial charge in [-0.15, -0.1) is 11.3 Å². The molecule has 7 nitrogen and oxygen atoms in total. The Morgan fingerprint density at radius 2 is 1.82 bits per heavy atom. The Hall–Kier alpha value is -2.55. The zero-order chi connectivity index (χ0) is 23.9. The van der Waals surface area contributed by atoms with Gasteiger partial charge in [0.05, 0.1) is 5.39 Å². The number of hydrogen-bond acceptors (Lipinski definition) is 6. The van der Waals surface area contributed by atoms with Crippen molar-refractivity contribution >= 4 is 27.5 Å². The molecule has 34 heavy (non-hydrogen) atoms. The van der Waals surface area contributed by atoms with E-state index in [4.69, 9.17) is 0 Å². The van der Waals surface area contributed by atoms with Crippen LogP contribution < -0.4 is 10.9 Å². The zero-order valence-corrected chi connectivity index (χ0v) is 21.0. The van der Waals surface area contributed by atoms with Gasteiger partial charge in [0.15, 0.2) is 0 Å². The average Bonchev–Trinajstić information content (AvgIpc) is 3.13. The fourth-order valence-electron chi connectivity index (χ4n) is 4.44. The van der Waals surface area contributed by atoms with Crippen molar-refractivity contribution in [3.05, 3.63) is 62.5 Å². The number of carbonyl (C=O) groups is 1. The van der Waals surface area contributed by atoms with Crippen molar-refractivity contribution < 1.29 is 4.79 Å². The van der Waals surface area contributed by atoms with Crippen LogP contribution in [0.15, 0.2) is 35.1 Å². The van der Waals surface area contributed by atoms with E-state index in [0.29, 0.717) is 30.6 Å². The third kappa shape index (κ3) is 6.52. The lowest BCUT2D eigenvalue weighted by Crippen LogP contribution is -2.46. The minimum absolute atomic E-state index is 0.0100. The maximum absolute atomic E-state index is 12.4. The first kappa shape index (κ1) is 24.6. The van der Waals surface area contributed by atoms with Crippen molar-refractivity contribution in [2.75, 3.05) is 39.3 Å². The summed E-state index contributed by atoms with van der Waals surface area (Å²) >= 11 is 1.53. The number of benzene rings is 1. The first-order valence-electron chi connectivity index (χ1n) is 12.2. The van der Waals surface area contributed by atoms with Crippen LogP contribution in [0.5, 0.6) is 0 Å². The molecule has 1 amide bonds. The summed E-state index contributed by atoms with van der Waals surface area (Å²) in [6.07, 6.45) is 2.84. The number of rotatable bonds is 10. The summed E-state index contributed by atoms with van der Waals surface area (Å²) in [6.45, 7) is 11.2. The Morgan fingerprint density at radius 1 is 1.09 bits per heavy atom. The van der Waals surface area contributed by atoms with Gasteiger partial charge in [0.1, 0.15) is 10.7 Å². The highest BCUT2D eigenvalue weighted by atomic mass is 32.1. The molecular weight excluding hydrogens is 446 g/mol. The monoisotopic (exact) mass is 481 g/mol. The molecule has 2 N–H and O–H groups in total. The van der Waals surface area contributed by atoms with Gasteiger partial charge in [0, 0.05) is 57.0 Å².